The Morgan fingerprint density at radius 2 is 1.94 bits per heavy atom. The summed E-state index contributed by atoms with van der Waals surface area (Å²) < 4.78 is 0. The quantitative estimate of drug-likeness (QED) is 0.453. The molecule has 2 unspecified atom stereocenters. The maximum Gasteiger partial charge on any atom is 0.326 e. The zero-order chi connectivity index (χ0) is 14.3. The van der Waals surface area contributed by atoms with E-state index in [9.17, 15) is 14.4 Å². The average Bonchev–Trinajstić information content (AvgIpc) is 2.21. The van der Waals surface area contributed by atoms with E-state index in [1.54, 1.807) is 0 Å². The molecule has 0 aliphatic rings. The van der Waals surface area contributed by atoms with Gasteiger partial charge in [0.25, 0.3) is 0 Å². The summed E-state index contributed by atoms with van der Waals surface area (Å²) >= 11 is 0. The molecule has 0 radical (unpaired) electrons. The molecule has 0 aliphatic heterocycles. The highest BCUT2D eigenvalue weighted by atomic mass is 16.4. The van der Waals surface area contributed by atoms with E-state index >= 15 is 0 Å². The molecule has 3 amide bonds. The third-order valence-electron chi connectivity index (χ3n) is 2.16. The number of carboxylic acids is 1. The highest BCUT2D eigenvalue weighted by Crippen LogP contribution is 1.99. The van der Waals surface area contributed by atoms with Crippen LogP contribution < -0.4 is 11.1 Å². The summed E-state index contributed by atoms with van der Waals surface area (Å²) in [6.45, 7) is 1.58. The number of rotatable bonds is 7. The summed E-state index contributed by atoms with van der Waals surface area (Å²) in [5.41, 5.74) is 4.91. The summed E-state index contributed by atoms with van der Waals surface area (Å²) in [4.78, 5) is 34.1. The number of amides is 3. The molecule has 5 N–H and O–H groups in total. The van der Waals surface area contributed by atoms with Crippen molar-refractivity contribution in [2.24, 2.45) is 5.73 Å². The summed E-state index contributed by atoms with van der Waals surface area (Å²) in [7, 11) is 1.43. The van der Waals surface area contributed by atoms with Gasteiger partial charge in [-0.05, 0) is 13.3 Å². The van der Waals surface area contributed by atoms with Gasteiger partial charge in [-0.3, -0.25) is 4.79 Å². The average molecular weight is 261 g/mol. The number of nitrogens with two attached hydrogens (primary N) is 1. The summed E-state index contributed by atoms with van der Waals surface area (Å²) in [5, 5.41) is 20.2. The van der Waals surface area contributed by atoms with Gasteiger partial charge in [0.05, 0.1) is 6.10 Å². The van der Waals surface area contributed by atoms with Gasteiger partial charge < -0.3 is 26.2 Å². The number of primary amides is 1. The second-order valence-corrected chi connectivity index (χ2v) is 4.07. The molecule has 8 heteroatoms. The third kappa shape index (κ3) is 6.69. The molecule has 0 fully saturated rings. The largest absolute Gasteiger partial charge is 0.480 e. The van der Waals surface area contributed by atoms with Crippen LogP contribution in [-0.2, 0) is 9.59 Å². The molecule has 0 saturated heterocycles. The molecule has 0 spiro atoms. The smallest absolute Gasteiger partial charge is 0.326 e. The number of aliphatic hydroxyl groups excluding tert-OH is 1. The van der Waals surface area contributed by atoms with Crippen molar-refractivity contribution in [3.05, 3.63) is 0 Å². The molecule has 0 bridgehead atoms. The SMILES string of the molecule is CC(O)CN(C)C(=O)NC(CCC(N)=O)C(=O)O. The van der Waals surface area contributed by atoms with Crippen molar-refractivity contribution in [1.82, 2.24) is 10.2 Å². The number of aliphatic hydroxyl groups is 1. The number of nitrogens with zero attached hydrogens (tertiary/aromatic N) is 1. The van der Waals surface area contributed by atoms with Gasteiger partial charge in [-0.15, -0.1) is 0 Å². The number of likely N-dealkylation sites (N-methyl/N-ethyl adjacent to an activating group) is 1. The topological polar surface area (TPSA) is 133 Å². The molecular formula is C10H19N3O5. The zero-order valence-electron chi connectivity index (χ0n) is 10.4. The fourth-order valence-electron chi connectivity index (χ4n) is 1.28. The summed E-state index contributed by atoms with van der Waals surface area (Å²) in [5.74, 6) is -1.87. The monoisotopic (exact) mass is 261 g/mol. The molecule has 2 atom stereocenters. The predicted molar refractivity (Wildman–Crippen MR) is 62.7 cm³/mol. The number of carbonyl (C=O) groups excluding carboxylic acids is 2. The first-order valence-electron chi connectivity index (χ1n) is 5.44. The Morgan fingerprint density at radius 3 is 2.33 bits per heavy atom. The van der Waals surface area contributed by atoms with Gasteiger partial charge in [0, 0.05) is 20.0 Å². The minimum absolute atomic E-state index is 0.0705. The van der Waals surface area contributed by atoms with Crippen molar-refractivity contribution in [2.75, 3.05) is 13.6 Å². The Bertz CT molecular complexity index is 319. The lowest BCUT2D eigenvalue weighted by Crippen LogP contribution is -2.48. The second kappa shape index (κ2) is 7.49. The lowest BCUT2D eigenvalue weighted by Gasteiger charge is -2.22. The first-order chi connectivity index (χ1) is 8.23. The molecule has 0 aliphatic carbocycles. The fraction of sp³-hybridized carbons (Fsp3) is 0.700. The zero-order valence-corrected chi connectivity index (χ0v) is 10.4. The molecule has 104 valence electrons. The van der Waals surface area contributed by atoms with E-state index < -0.39 is 30.1 Å². The van der Waals surface area contributed by atoms with Crippen LogP contribution in [0.15, 0.2) is 0 Å². The van der Waals surface area contributed by atoms with Crippen LogP contribution in [0.3, 0.4) is 0 Å². The van der Waals surface area contributed by atoms with Crippen LogP contribution in [0.2, 0.25) is 0 Å². The first kappa shape index (κ1) is 16.2. The molecular weight excluding hydrogens is 242 g/mol. The van der Waals surface area contributed by atoms with Crippen molar-refractivity contribution in [2.45, 2.75) is 31.9 Å². The van der Waals surface area contributed by atoms with E-state index in [2.05, 4.69) is 5.32 Å². The molecule has 0 heterocycles. The number of nitrogens with one attached hydrogen (secondary N) is 1. The Kier molecular flexibility index (Phi) is 6.73. The van der Waals surface area contributed by atoms with Crippen molar-refractivity contribution in [3.8, 4) is 0 Å². The molecule has 0 aromatic heterocycles. The number of carboxylic acid groups (broad SMARTS) is 1. The summed E-state index contributed by atoms with van der Waals surface area (Å²) in [6, 6.07) is -1.81. The Morgan fingerprint density at radius 1 is 1.39 bits per heavy atom. The van der Waals surface area contributed by atoms with Crippen LogP contribution >= 0.6 is 0 Å². The summed E-state index contributed by atoms with van der Waals surface area (Å²) in [6.07, 6.45) is -0.911. The molecule has 0 rings (SSSR count). The highest BCUT2D eigenvalue weighted by molar-refractivity contribution is 5.83. The van der Waals surface area contributed by atoms with Gasteiger partial charge in [-0.2, -0.15) is 0 Å². The van der Waals surface area contributed by atoms with E-state index in [0.29, 0.717) is 0 Å². The van der Waals surface area contributed by atoms with Crippen LogP contribution in [0, 0.1) is 0 Å². The highest BCUT2D eigenvalue weighted by Gasteiger charge is 2.22. The molecule has 0 aromatic carbocycles. The van der Waals surface area contributed by atoms with E-state index in [1.807, 2.05) is 0 Å². The van der Waals surface area contributed by atoms with Crippen molar-refractivity contribution < 1.29 is 24.6 Å². The standard InChI is InChI=1S/C10H19N3O5/c1-6(14)5-13(2)10(18)12-7(9(16)17)3-4-8(11)15/h6-7,14H,3-5H2,1-2H3,(H2,11,15)(H,12,18)(H,16,17). The van der Waals surface area contributed by atoms with Crippen LogP contribution in [0.5, 0.6) is 0 Å². The van der Waals surface area contributed by atoms with Gasteiger partial charge in [-0.25, -0.2) is 9.59 Å². The van der Waals surface area contributed by atoms with Gasteiger partial charge in [0.2, 0.25) is 5.91 Å². The predicted octanol–water partition coefficient (Wildman–Crippen LogP) is -1.27. The normalized spacial score (nSPS) is 13.5. The van der Waals surface area contributed by atoms with Crippen molar-refractivity contribution >= 4 is 17.9 Å². The Hall–Kier alpha value is -1.83. The number of aliphatic carboxylic acids is 1. The number of hydrogen-bond donors (Lipinski definition) is 4. The van der Waals surface area contributed by atoms with Crippen LogP contribution in [0.25, 0.3) is 0 Å². The van der Waals surface area contributed by atoms with Crippen LogP contribution in [0.1, 0.15) is 19.8 Å². The van der Waals surface area contributed by atoms with Gasteiger partial charge in [0.1, 0.15) is 6.04 Å². The van der Waals surface area contributed by atoms with E-state index in [4.69, 9.17) is 15.9 Å². The molecule has 8 nitrogen and oxygen atoms in total. The number of hydrogen-bond acceptors (Lipinski definition) is 4. The second-order valence-electron chi connectivity index (χ2n) is 4.07. The van der Waals surface area contributed by atoms with Gasteiger partial charge >= 0.3 is 12.0 Å². The fourth-order valence-corrected chi connectivity index (χ4v) is 1.28. The first-order valence-corrected chi connectivity index (χ1v) is 5.44. The maximum absolute atomic E-state index is 11.6. The Balaban J connectivity index is 4.35. The molecule has 0 aromatic rings. The number of carbonyl (C=O) groups is 3. The Labute approximate surface area is 105 Å². The lowest BCUT2D eigenvalue weighted by molar-refractivity contribution is -0.139. The third-order valence-corrected chi connectivity index (χ3v) is 2.16. The minimum Gasteiger partial charge on any atom is -0.480 e. The van der Waals surface area contributed by atoms with E-state index in [0.717, 1.165) is 4.90 Å². The van der Waals surface area contributed by atoms with Crippen molar-refractivity contribution in [3.63, 3.8) is 0 Å². The van der Waals surface area contributed by atoms with Gasteiger partial charge in [-0.1, -0.05) is 0 Å². The number of urea groups is 1. The van der Waals surface area contributed by atoms with Crippen LogP contribution in [0.4, 0.5) is 4.79 Å². The van der Waals surface area contributed by atoms with Crippen molar-refractivity contribution in [1.29, 1.82) is 0 Å². The molecule has 18 heavy (non-hydrogen) atoms. The lowest BCUT2D eigenvalue weighted by atomic mass is 10.1. The van der Waals surface area contributed by atoms with E-state index in [-0.39, 0.29) is 19.4 Å². The maximum atomic E-state index is 11.6. The van der Waals surface area contributed by atoms with E-state index in [1.165, 1.54) is 14.0 Å². The minimum atomic E-state index is -1.24. The van der Waals surface area contributed by atoms with Crippen LogP contribution in [-0.4, -0.2) is 58.8 Å². The molecule has 0 saturated carbocycles. The van der Waals surface area contributed by atoms with Gasteiger partial charge in [0.15, 0.2) is 0 Å².